The average molecular weight is 360 g/mol. The van der Waals surface area contributed by atoms with Crippen LogP contribution in [0.25, 0.3) is 0 Å². The van der Waals surface area contributed by atoms with Gasteiger partial charge in [0, 0.05) is 10.6 Å². The first-order valence-corrected chi connectivity index (χ1v) is 8.58. The van der Waals surface area contributed by atoms with Crippen LogP contribution in [0.3, 0.4) is 0 Å². The van der Waals surface area contributed by atoms with Crippen LogP contribution in [-0.4, -0.2) is 32.3 Å². The summed E-state index contributed by atoms with van der Waals surface area (Å²) in [5.41, 5.74) is 2.48. The van der Waals surface area contributed by atoms with Crippen LogP contribution in [0.4, 0.5) is 5.69 Å². The first-order valence-electron chi connectivity index (χ1n) is 8.20. The van der Waals surface area contributed by atoms with Crippen molar-refractivity contribution in [3.05, 3.63) is 58.6 Å². The van der Waals surface area contributed by atoms with Gasteiger partial charge in [-0.1, -0.05) is 29.8 Å². The van der Waals surface area contributed by atoms with Crippen molar-refractivity contribution in [1.82, 2.24) is 0 Å². The Labute approximate surface area is 151 Å². The van der Waals surface area contributed by atoms with Gasteiger partial charge < -0.3 is 19.1 Å². The zero-order chi connectivity index (χ0) is 17.4. The number of anilines is 1. The highest BCUT2D eigenvalue weighted by Crippen LogP contribution is 2.46. The lowest BCUT2D eigenvalue weighted by Gasteiger charge is -2.22. The van der Waals surface area contributed by atoms with E-state index in [0.29, 0.717) is 37.0 Å². The Morgan fingerprint density at radius 1 is 1.20 bits per heavy atom. The number of hydrogen-bond donors (Lipinski definition) is 0. The van der Waals surface area contributed by atoms with Gasteiger partial charge in [-0.3, -0.25) is 4.79 Å². The fraction of sp³-hybridized carbons (Fsp3) is 0.316. The molecule has 2 aromatic rings. The van der Waals surface area contributed by atoms with Crippen LogP contribution in [0.5, 0.6) is 5.75 Å². The van der Waals surface area contributed by atoms with E-state index in [4.69, 9.17) is 25.8 Å². The molecule has 0 radical (unpaired) electrons. The number of ether oxygens (including phenoxy) is 3. The molecule has 1 spiro atoms. The molecule has 0 bridgehead atoms. The van der Waals surface area contributed by atoms with Crippen molar-refractivity contribution in [2.24, 2.45) is 0 Å². The number of benzene rings is 2. The Kier molecular flexibility index (Phi) is 4.15. The first kappa shape index (κ1) is 16.4. The molecule has 6 heteroatoms. The summed E-state index contributed by atoms with van der Waals surface area (Å²) in [6.45, 7) is 3.52. The fourth-order valence-corrected chi connectivity index (χ4v) is 3.46. The molecule has 2 aliphatic heterocycles. The van der Waals surface area contributed by atoms with Crippen molar-refractivity contribution >= 4 is 23.2 Å². The van der Waals surface area contributed by atoms with Gasteiger partial charge in [0.15, 0.2) is 0 Å². The number of aryl methyl sites for hydroxylation is 1. The van der Waals surface area contributed by atoms with Crippen molar-refractivity contribution in [2.75, 3.05) is 31.3 Å². The maximum absolute atomic E-state index is 13.0. The van der Waals surface area contributed by atoms with E-state index in [9.17, 15) is 4.79 Å². The van der Waals surface area contributed by atoms with Crippen molar-refractivity contribution in [3.8, 4) is 5.75 Å². The molecule has 4 rings (SSSR count). The van der Waals surface area contributed by atoms with Gasteiger partial charge >= 0.3 is 0 Å². The van der Waals surface area contributed by atoms with E-state index in [2.05, 4.69) is 0 Å². The second-order valence-electron chi connectivity index (χ2n) is 6.05. The molecule has 2 heterocycles. The number of nitrogens with zero attached hydrogens (tertiary/aromatic N) is 1. The largest absolute Gasteiger partial charge is 0.491 e. The Morgan fingerprint density at radius 3 is 2.72 bits per heavy atom. The summed E-state index contributed by atoms with van der Waals surface area (Å²) in [6, 6.07) is 13.1. The minimum absolute atomic E-state index is 0.226. The third kappa shape index (κ3) is 2.68. The predicted octanol–water partition coefficient (Wildman–Crippen LogP) is 3.27. The molecule has 1 fully saturated rings. The topological polar surface area (TPSA) is 48.0 Å². The number of carbonyl (C=O) groups is 1. The lowest BCUT2D eigenvalue weighted by Crippen LogP contribution is -2.42. The van der Waals surface area contributed by atoms with Crippen molar-refractivity contribution in [2.45, 2.75) is 12.7 Å². The maximum atomic E-state index is 13.0. The SMILES string of the molecule is Cc1ccccc1OCCN1C(=O)C2(OCCO2)c2cc(Cl)ccc21. The van der Waals surface area contributed by atoms with E-state index in [1.54, 1.807) is 17.0 Å². The molecule has 0 aliphatic carbocycles. The molecule has 0 aromatic heterocycles. The molecule has 0 saturated carbocycles. The lowest BCUT2D eigenvalue weighted by atomic mass is 10.1. The van der Waals surface area contributed by atoms with E-state index in [0.717, 1.165) is 17.0 Å². The van der Waals surface area contributed by atoms with Gasteiger partial charge in [-0.25, -0.2) is 0 Å². The van der Waals surface area contributed by atoms with E-state index in [-0.39, 0.29) is 5.91 Å². The van der Waals surface area contributed by atoms with Gasteiger partial charge in [0.05, 0.1) is 25.4 Å². The maximum Gasteiger partial charge on any atom is 0.292 e. The molecule has 0 N–H and O–H groups in total. The second-order valence-corrected chi connectivity index (χ2v) is 6.48. The monoisotopic (exact) mass is 359 g/mol. The Morgan fingerprint density at radius 2 is 1.96 bits per heavy atom. The van der Waals surface area contributed by atoms with E-state index >= 15 is 0 Å². The number of amides is 1. The summed E-state index contributed by atoms with van der Waals surface area (Å²) in [6.07, 6.45) is 0. The Balaban J connectivity index is 1.56. The van der Waals surface area contributed by atoms with Crippen LogP contribution >= 0.6 is 11.6 Å². The quantitative estimate of drug-likeness (QED) is 0.840. The zero-order valence-corrected chi connectivity index (χ0v) is 14.6. The van der Waals surface area contributed by atoms with Crippen LogP contribution in [0, 0.1) is 6.92 Å². The number of carbonyl (C=O) groups excluding carboxylic acids is 1. The van der Waals surface area contributed by atoms with Crippen molar-refractivity contribution < 1.29 is 19.0 Å². The first-order chi connectivity index (χ1) is 12.1. The summed E-state index contributed by atoms with van der Waals surface area (Å²) < 4.78 is 17.2. The van der Waals surface area contributed by atoms with Gasteiger partial charge in [0.25, 0.3) is 11.7 Å². The molecule has 130 valence electrons. The lowest BCUT2D eigenvalue weighted by molar-refractivity contribution is -0.180. The molecule has 1 saturated heterocycles. The number of fused-ring (bicyclic) bond motifs is 2. The number of halogens is 1. The van der Waals surface area contributed by atoms with Crippen molar-refractivity contribution in [1.29, 1.82) is 0 Å². The van der Waals surface area contributed by atoms with Crippen molar-refractivity contribution in [3.63, 3.8) is 0 Å². The standard InChI is InChI=1S/C19H18ClNO4/c1-13-4-2-3-5-17(13)23-9-8-21-16-7-6-14(20)12-15(16)19(18(21)22)24-10-11-25-19/h2-7,12H,8-11H2,1H3. The van der Waals surface area contributed by atoms with Crippen LogP contribution in [0.15, 0.2) is 42.5 Å². The second kappa shape index (κ2) is 6.33. The van der Waals surface area contributed by atoms with Crippen LogP contribution in [0.2, 0.25) is 5.02 Å². The normalized spacial score (nSPS) is 18.0. The molecular formula is C19H18ClNO4. The van der Waals surface area contributed by atoms with E-state index in [1.807, 2.05) is 37.3 Å². The molecule has 5 nitrogen and oxygen atoms in total. The highest BCUT2D eigenvalue weighted by Gasteiger charge is 2.56. The van der Waals surface area contributed by atoms with Crippen LogP contribution in [0.1, 0.15) is 11.1 Å². The Bertz CT molecular complexity index is 817. The van der Waals surface area contributed by atoms with E-state index in [1.165, 1.54) is 0 Å². The van der Waals surface area contributed by atoms with Crippen LogP contribution in [-0.2, 0) is 20.1 Å². The molecule has 2 aromatic carbocycles. The molecule has 25 heavy (non-hydrogen) atoms. The van der Waals surface area contributed by atoms with Gasteiger partial charge in [-0.05, 0) is 36.8 Å². The van der Waals surface area contributed by atoms with Crippen LogP contribution < -0.4 is 9.64 Å². The zero-order valence-electron chi connectivity index (χ0n) is 13.8. The Hall–Kier alpha value is -2.08. The van der Waals surface area contributed by atoms with E-state index < -0.39 is 5.79 Å². The minimum Gasteiger partial charge on any atom is -0.491 e. The predicted molar refractivity (Wildman–Crippen MR) is 94.1 cm³/mol. The molecular weight excluding hydrogens is 342 g/mol. The summed E-state index contributed by atoms with van der Waals surface area (Å²) in [5.74, 6) is -0.771. The number of hydrogen-bond acceptors (Lipinski definition) is 4. The summed E-state index contributed by atoms with van der Waals surface area (Å²) in [4.78, 5) is 14.6. The minimum atomic E-state index is -1.36. The van der Waals surface area contributed by atoms with Gasteiger partial charge in [-0.2, -0.15) is 0 Å². The van der Waals surface area contributed by atoms with Gasteiger partial charge in [0.1, 0.15) is 12.4 Å². The van der Waals surface area contributed by atoms with Gasteiger partial charge in [0.2, 0.25) is 0 Å². The third-order valence-corrected chi connectivity index (χ3v) is 4.73. The summed E-state index contributed by atoms with van der Waals surface area (Å²) in [7, 11) is 0. The highest BCUT2D eigenvalue weighted by molar-refractivity contribution is 6.31. The summed E-state index contributed by atoms with van der Waals surface area (Å²) in [5, 5.41) is 0.544. The number of rotatable bonds is 4. The highest BCUT2D eigenvalue weighted by atomic mass is 35.5. The fourth-order valence-electron chi connectivity index (χ4n) is 3.29. The molecule has 2 aliphatic rings. The molecule has 1 amide bonds. The molecule has 0 atom stereocenters. The number of para-hydroxylation sites is 1. The smallest absolute Gasteiger partial charge is 0.292 e. The summed E-state index contributed by atoms with van der Waals surface area (Å²) >= 11 is 6.12. The van der Waals surface area contributed by atoms with Gasteiger partial charge in [-0.15, -0.1) is 0 Å². The molecule has 0 unspecified atom stereocenters. The third-order valence-electron chi connectivity index (χ3n) is 4.49. The average Bonchev–Trinajstić information content (AvgIpc) is 3.18.